The van der Waals surface area contributed by atoms with Crippen LogP contribution in [-0.2, 0) is 19.1 Å². The molecule has 26 heavy (non-hydrogen) atoms. The highest BCUT2D eigenvalue weighted by Gasteiger charge is 2.32. The molecule has 0 aromatic rings. The summed E-state index contributed by atoms with van der Waals surface area (Å²) in [5.41, 5.74) is 0. The molecule has 0 aromatic heterocycles. The molecule has 0 spiro atoms. The number of ether oxygens (including phenoxy) is 2. The zero-order valence-corrected chi connectivity index (χ0v) is 12.8. The van der Waals surface area contributed by atoms with Gasteiger partial charge in [0.05, 0.1) is 19.7 Å². The van der Waals surface area contributed by atoms with E-state index >= 15 is 0 Å². The minimum absolute atomic E-state index is 0.550. The van der Waals surface area contributed by atoms with Crippen molar-refractivity contribution in [1.82, 2.24) is 0 Å². The minimum atomic E-state index is -2.15. The van der Waals surface area contributed by atoms with Gasteiger partial charge in [-0.3, -0.25) is 40.5 Å². The van der Waals surface area contributed by atoms with Gasteiger partial charge in [0, 0.05) is 12.2 Å². The molecule has 144 valence electrons. The summed E-state index contributed by atoms with van der Waals surface area (Å²) in [5, 5.41) is 41.3. The second kappa shape index (κ2) is 10.9. The fourth-order valence-electron chi connectivity index (χ4n) is 1.34. The van der Waals surface area contributed by atoms with E-state index in [9.17, 15) is 50.0 Å². The van der Waals surface area contributed by atoms with Crippen molar-refractivity contribution >= 4 is 11.9 Å². The Kier molecular flexibility index (Phi) is 9.38. The maximum absolute atomic E-state index is 11.2. The average Bonchev–Trinajstić information content (AvgIpc) is 2.52. The molecule has 0 radical (unpaired) electrons. The van der Waals surface area contributed by atoms with Crippen molar-refractivity contribution in [2.45, 2.75) is 25.2 Å². The number of nitrogens with zero attached hydrogens (tertiary/aromatic N) is 4. The van der Waals surface area contributed by atoms with Crippen LogP contribution in [0.3, 0.4) is 0 Å². The minimum Gasteiger partial charge on any atom is -0.462 e. The quantitative estimate of drug-likeness (QED) is 0.133. The van der Waals surface area contributed by atoms with Crippen molar-refractivity contribution in [3.8, 4) is 0 Å². The summed E-state index contributed by atoms with van der Waals surface area (Å²) in [6.45, 7) is -1.31. The molecule has 0 rings (SSSR count). The third-order valence-corrected chi connectivity index (χ3v) is 2.57. The molecule has 0 unspecified atom stereocenters. The third kappa shape index (κ3) is 8.79. The summed E-state index contributed by atoms with van der Waals surface area (Å²) < 4.78 is 8.82. The van der Waals surface area contributed by atoms with Crippen LogP contribution in [0.5, 0.6) is 0 Å². The van der Waals surface area contributed by atoms with E-state index in [4.69, 9.17) is 0 Å². The number of nitro groups is 4. The maximum Gasteiger partial charge on any atom is 0.454 e. The first kappa shape index (κ1) is 22.3. The van der Waals surface area contributed by atoms with Gasteiger partial charge in [0.1, 0.15) is 26.1 Å². The summed E-state index contributed by atoms with van der Waals surface area (Å²) in [6, 6.07) is 0. The normalized spacial score (nSPS) is 10.7. The highest BCUT2D eigenvalue weighted by atomic mass is 16.7. The third-order valence-electron chi connectivity index (χ3n) is 2.57. The summed E-state index contributed by atoms with van der Waals surface area (Å²) in [7, 11) is 0. The van der Waals surface area contributed by atoms with E-state index in [0.717, 1.165) is 0 Å². The Bertz CT molecular complexity index is 537. The van der Waals surface area contributed by atoms with Gasteiger partial charge in [-0.2, -0.15) is 0 Å². The summed E-state index contributed by atoms with van der Waals surface area (Å²) >= 11 is 0. The standard InChI is InChI=1S/C10H12N4O12/c15-9(25-5-3-7(11(17)18)12(19)20)1-2-10(16)26-6-4-8(13(21)22)14(23)24/h1-2,7-8H,3-6H2/b2-1-. The van der Waals surface area contributed by atoms with E-state index in [1.165, 1.54) is 0 Å². The number of hydrogen-bond donors (Lipinski definition) is 0. The highest BCUT2D eigenvalue weighted by molar-refractivity contribution is 5.91. The molecule has 0 fully saturated rings. The Hall–Kier alpha value is -3.72. The largest absolute Gasteiger partial charge is 0.462 e. The Labute approximate surface area is 142 Å². The van der Waals surface area contributed by atoms with E-state index in [2.05, 4.69) is 9.47 Å². The number of rotatable bonds is 12. The van der Waals surface area contributed by atoms with Gasteiger partial charge in [0.2, 0.25) is 0 Å². The Morgan fingerprint density at radius 2 is 0.962 bits per heavy atom. The summed E-state index contributed by atoms with van der Waals surface area (Å²) in [5.74, 6) is -2.30. The van der Waals surface area contributed by atoms with Gasteiger partial charge in [0.15, 0.2) is 0 Å². The van der Waals surface area contributed by atoms with Gasteiger partial charge < -0.3 is 9.47 Å². The molecular formula is C10H12N4O12. The van der Waals surface area contributed by atoms with Gasteiger partial charge in [-0.1, -0.05) is 0 Å². The molecule has 0 aliphatic carbocycles. The van der Waals surface area contributed by atoms with Crippen molar-refractivity contribution in [1.29, 1.82) is 0 Å². The van der Waals surface area contributed by atoms with Crippen LogP contribution in [0.25, 0.3) is 0 Å². The lowest BCUT2D eigenvalue weighted by Gasteiger charge is -2.03. The molecule has 0 aromatic carbocycles. The number of hydrogen-bond acceptors (Lipinski definition) is 12. The Morgan fingerprint density at radius 3 is 1.19 bits per heavy atom. The Balaban J connectivity index is 4.22. The summed E-state index contributed by atoms with van der Waals surface area (Å²) in [4.78, 5) is 59.1. The van der Waals surface area contributed by atoms with Gasteiger partial charge in [-0.15, -0.1) is 0 Å². The van der Waals surface area contributed by atoms with Crippen LogP contribution in [0.4, 0.5) is 0 Å². The molecule has 0 saturated carbocycles. The molecule has 0 amide bonds. The maximum atomic E-state index is 11.2. The van der Waals surface area contributed by atoms with Gasteiger partial charge in [-0.25, -0.2) is 9.59 Å². The van der Waals surface area contributed by atoms with Crippen molar-refractivity contribution in [2.75, 3.05) is 13.2 Å². The molecule has 0 bridgehead atoms. The second-order valence-corrected chi connectivity index (χ2v) is 4.35. The number of esters is 2. The van der Waals surface area contributed by atoms with Crippen LogP contribution in [-0.4, -0.2) is 57.2 Å². The van der Waals surface area contributed by atoms with Gasteiger partial charge >= 0.3 is 24.3 Å². The van der Waals surface area contributed by atoms with Crippen molar-refractivity contribution in [3.63, 3.8) is 0 Å². The smallest absolute Gasteiger partial charge is 0.454 e. The first-order chi connectivity index (χ1) is 12.1. The number of carbonyl (C=O) groups excluding carboxylic acids is 2. The number of carbonyl (C=O) groups is 2. The average molecular weight is 380 g/mol. The SMILES string of the molecule is O=C(/C=C\C(=O)OCCC([N+](=O)[O-])[N+](=O)[O-])OCCC([N+](=O)[O-])[N+](=O)[O-]. The zero-order valence-electron chi connectivity index (χ0n) is 12.8. The van der Waals surface area contributed by atoms with Crippen molar-refractivity contribution in [2.24, 2.45) is 0 Å². The van der Waals surface area contributed by atoms with Crippen molar-refractivity contribution < 1.29 is 38.8 Å². The first-order valence-electron chi connectivity index (χ1n) is 6.61. The van der Waals surface area contributed by atoms with E-state index in [1.54, 1.807) is 0 Å². The highest BCUT2D eigenvalue weighted by Crippen LogP contribution is 2.01. The van der Waals surface area contributed by atoms with Crippen LogP contribution in [0, 0.1) is 40.5 Å². The molecule has 0 heterocycles. The van der Waals surface area contributed by atoms with Crippen LogP contribution in [0.15, 0.2) is 12.2 Å². The van der Waals surface area contributed by atoms with Crippen LogP contribution >= 0.6 is 0 Å². The monoisotopic (exact) mass is 380 g/mol. The summed E-state index contributed by atoms with van der Waals surface area (Å²) in [6.07, 6.45) is -4.57. The fraction of sp³-hybridized carbons (Fsp3) is 0.600. The lowest BCUT2D eigenvalue weighted by Crippen LogP contribution is -2.30. The van der Waals surface area contributed by atoms with Crippen LogP contribution in [0.1, 0.15) is 12.8 Å². The van der Waals surface area contributed by atoms with Crippen LogP contribution in [0.2, 0.25) is 0 Å². The molecule has 0 aliphatic rings. The van der Waals surface area contributed by atoms with E-state index in [0.29, 0.717) is 12.2 Å². The fourth-order valence-corrected chi connectivity index (χ4v) is 1.34. The molecule has 0 N–H and O–H groups in total. The van der Waals surface area contributed by atoms with E-state index < -0.39 is 70.0 Å². The van der Waals surface area contributed by atoms with E-state index in [1.807, 2.05) is 0 Å². The zero-order chi connectivity index (χ0) is 20.3. The predicted octanol–water partition coefficient (Wildman–Crippen LogP) is -0.832. The Morgan fingerprint density at radius 1 is 0.692 bits per heavy atom. The topological polar surface area (TPSA) is 225 Å². The molecule has 0 aliphatic heterocycles. The lowest BCUT2D eigenvalue weighted by molar-refractivity contribution is -0.743. The molecular weight excluding hydrogens is 368 g/mol. The lowest BCUT2D eigenvalue weighted by atomic mass is 10.4. The predicted molar refractivity (Wildman–Crippen MR) is 75.8 cm³/mol. The second-order valence-electron chi connectivity index (χ2n) is 4.35. The van der Waals surface area contributed by atoms with Gasteiger partial charge in [-0.05, 0) is 0 Å². The first-order valence-corrected chi connectivity index (χ1v) is 6.61. The van der Waals surface area contributed by atoms with Crippen molar-refractivity contribution in [3.05, 3.63) is 52.6 Å². The molecule has 0 atom stereocenters. The molecule has 0 saturated heterocycles. The van der Waals surface area contributed by atoms with Crippen LogP contribution < -0.4 is 0 Å². The molecule has 16 heteroatoms. The van der Waals surface area contributed by atoms with Gasteiger partial charge in [0.25, 0.3) is 0 Å². The molecule has 16 nitrogen and oxygen atoms in total. The van der Waals surface area contributed by atoms with E-state index in [-0.39, 0.29) is 0 Å².